The summed E-state index contributed by atoms with van der Waals surface area (Å²) >= 11 is 0. The third-order valence-electron chi connectivity index (χ3n) is 3.62. The van der Waals surface area contributed by atoms with Crippen molar-refractivity contribution in [3.8, 4) is 0 Å². The van der Waals surface area contributed by atoms with Crippen molar-refractivity contribution in [1.29, 1.82) is 0 Å². The van der Waals surface area contributed by atoms with E-state index in [1.54, 1.807) is 7.11 Å². The lowest BCUT2D eigenvalue weighted by atomic mass is 9.52. The highest BCUT2D eigenvalue weighted by molar-refractivity contribution is 5.90. The van der Waals surface area contributed by atoms with E-state index in [1.807, 2.05) is 13.8 Å². The first-order valence-corrected chi connectivity index (χ1v) is 5.12. The lowest BCUT2D eigenvalue weighted by molar-refractivity contribution is -0.279. The number of ketones is 1. The Hall–Kier alpha value is -0.410. The van der Waals surface area contributed by atoms with Crippen molar-refractivity contribution in [2.45, 2.75) is 45.5 Å². The van der Waals surface area contributed by atoms with Crippen LogP contribution in [0.3, 0.4) is 0 Å². The van der Waals surface area contributed by atoms with Crippen molar-refractivity contribution >= 4 is 5.78 Å². The molecule has 0 amide bonds. The molecular formula is C11H18O3. The number of carbonyl (C=O) groups is 1. The zero-order chi connectivity index (χ0) is 10.6. The van der Waals surface area contributed by atoms with Crippen molar-refractivity contribution in [3.05, 3.63) is 0 Å². The van der Waals surface area contributed by atoms with Crippen LogP contribution in [-0.4, -0.2) is 24.8 Å². The maximum absolute atomic E-state index is 11.6. The quantitative estimate of drug-likeness (QED) is 0.644. The molecule has 1 saturated heterocycles. The zero-order valence-corrected chi connectivity index (χ0v) is 9.29. The molecule has 2 aliphatic rings. The largest absolute Gasteiger partial charge is 0.356 e. The van der Waals surface area contributed by atoms with E-state index in [0.29, 0.717) is 12.2 Å². The van der Waals surface area contributed by atoms with Crippen LogP contribution in [0, 0.1) is 11.3 Å². The Kier molecular flexibility index (Phi) is 2.02. The molecule has 1 aliphatic heterocycles. The minimum Gasteiger partial charge on any atom is -0.356 e. The molecule has 0 radical (unpaired) electrons. The van der Waals surface area contributed by atoms with Gasteiger partial charge in [0, 0.05) is 20.0 Å². The van der Waals surface area contributed by atoms with Crippen molar-refractivity contribution < 1.29 is 14.3 Å². The van der Waals surface area contributed by atoms with E-state index in [1.165, 1.54) is 0 Å². The topological polar surface area (TPSA) is 35.5 Å². The molecule has 0 bridgehead atoms. The molecule has 80 valence electrons. The molecule has 2 fully saturated rings. The molecule has 0 N–H and O–H groups in total. The summed E-state index contributed by atoms with van der Waals surface area (Å²) < 4.78 is 11.0. The first-order chi connectivity index (χ1) is 6.39. The van der Waals surface area contributed by atoms with Crippen molar-refractivity contribution in [2.75, 3.05) is 7.11 Å². The summed E-state index contributed by atoms with van der Waals surface area (Å²) in [6.07, 6.45) is 1.37. The fourth-order valence-electron chi connectivity index (χ4n) is 3.24. The van der Waals surface area contributed by atoms with Crippen molar-refractivity contribution in [2.24, 2.45) is 11.3 Å². The van der Waals surface area contributed by atoms with Gasteiger partial charge in [-0.05, 0) is 19.3 Å². The predicted octanol–water partition coefficient (Wildman–Crippen LogP) is 1.75. The highest BCUT2D eigenvalue weighted by atomic mass is 16.7. The van der Waals surface area contributed by atoms with Gasteiger partial charge in [-0.2, -0.15) is 0 Å². The van der Waals surface area contributed by atoms with E-state index in [2.05, 4.69) is 6.92 Å². The number of hydrogen-bond acceptors (Lipinski definition) is 3. The molecular weight excluding hydrogens is 180 g/mol. The summed E-state index contributed by atoms with van der Waals surface area (Å²) in [5.41, 5.74) is -0.275. The van der Waals surface area contributed by atoms with Crippen LogP contribution >= 0.6 is 0 Å². The standard InChI is InChI=1S/C11H18O3/c1-10(2)9-7(12)5-11(9,3)6-8(13-4)14-10/h8-9H,5-6H2,1-4H3. The second-order valence-electron chi connectivity index (χ2n) is 5.32. The number of ether oxygens (including phenoxy) is 2. The second kappa shape index (κ2) is 2.80. The van der Waals surface area contributed by atoms with Crippen LogP contribution in [0.15, 0.2) is 0 Å². The summed E-state index contributed by atoms with van der Waals surface area (Å²) in [7, 11) is 1.66. The number of methoxy groups -OCH3 is 1. The van der Waals surface area contributed by atoms with Gasteiger partial charge < -0.3 is 9.47 Å². The van der Waals surface area contributed by atoms with Crippen LogP contribution in [0.25, 0.3) is 0 Å². The maximum atomic E-state index is 11.6. The molecule has 3 unspecified atom stereocenters. The Balaban J connectivity index is 2.24. The number of carbonyl (C=O) groups excluding carboxylic acids is 1. The lowest BCUT2D eigenvalue weighted by Gasteiger charge is -2.58. The van der Waals surface area contributed by atoms with Gasteiger partial charge >= 0.3 is 0 Å². The first kappa shape index (κ1) is 10.1. The highest BCUT2D eigenvalue weighted by Crippen LogP contribution is 2.56. The smallest absolute Gasteiger partial charge is 0.158 e. The minimum absolute atomic E-state index is 0.0569. The number of hydrogen-bond donors (Lipinski definition) is 0. The first-order valence-electron chi connectivity index (χ1n) is 5.12. The van der Waals surface area contributed by atoms with Gasteiger partial charge in [-0.15, -0.1) is 0 Å². The van der Waals surface area contributed by atoms with Crippen LogP contribution in [0.4, 0.5) is 0 Å². The summed E-state index contributed by atoms with van der Waals surface area (Å²) in [5, 5.41) is 0. The Morgan fingerprint density at radius 1 is 1.43 bits per heavy atom. The van der Waals surface area contributed by atoms with Crippen molar-refractivity contribution in [1.82, 2.24) is 0 Å². The van der Waals surface area contributed by atoms with Gasteiger partial charge in [-0.3, -0.25) is 4.79 Å². The average molecular weight is 198 g/mol. The highest BCUT2D eigenvalue weighted by Gasteiger charge is 2.61. The maximum Gasteiger partial charge on any atom is 0.158 e. The molecule has 3 atom stereocenters. The summed E-state index contributed by atoms with van der Waals surface area (Å²) in [5.74, 6) is 0.397. The molecule has 1 heterocycles. The van der Waals surface area contributed by atoms with E-state index in [-0.39, 0.29) is 23.2 Å². The summed E-state index contributed by atoms with van der Waals surface area (Å²) in [4.78, 5) is 11.6. The second-order valence-corrected chi connectivity index (χ2v) is 5.32. The van der Waals surface area contributed by atoms with Gasteiger partial charge in [0.2, 0.25) is 0 Å². The van der Waals surface area contributed by atoms with Crippen LogP contribution in [0.2, 0.25) is 0 Å². The molecule has 1 saturated carbocycles. The third kappa shape index (κ3) is 1.22. The minimum atomic E-state index is -0.372. The monoisotopic (exact) mass is 198 g/mol. The molecule has 2 rings (SSSR count). The van der Waals surface area contributed by atoms with E-state index >= 15 is 0 Å². The predicted molar refractivity (Wildman–Crippen MR) is 51.8 cm³/mol. The number of Topliss-reactive ketones (excluding diaryl/α,β-unsaturated/α-hetero) is 1. The Morgan fingerprint density at radius 2 is 2.07 bits per heavy atom. The van der Waals surface area contributed by atoms with E-state index in [0.717, 1.165) is 6.42 Å². The Labute approximate surface area is 84.8 Å². The van der Waals surface area contributed by atoms with Gasteiger partial charge in [0.1, 0.15) is 5.78 Å². The van der Waals surface area contributed by atoms with Crippen LogP contribution in [-0.2, 0) is 14.3 Å². The molecule has 0 aromatic carbocycles. The molecule has 1 aliphatic carbocycles. The van der Waals surface area contributed by atoms with E-state index in [4.69, 9.17) is 9.47 Å². The molecule has 0 aromatic rings. The molecule has 3 heteroatoms. The summed E-state index contributed by atoms with van der Waals surface area (Å²) in [6, 6.07) is 0. The Bertz CT molecular complexity index is 258. The molecule has 3 nitrogen and oxygen atoms in total. The Morgan fingerprint density at radius 3 is 2.50 bits per heavy atom. The molecule has 14 heavy (non-hydrogen) atoms. The van der Waals surface area contributed by atoms with Gasteiger partial charge in [0.25, 0.3) is 0 Å². The third-order valence-corrected chi connectivity index (χ3v) is 3.62. The van der Waals surface area contributed by atoms with E-state index in [9.17, 15) is 4.79 Å². The van der Waals surface area contributed by atoms with Gasteiger partial charge in [0.05, 0.1) is 11.5 Å². The fourth-order valence-corrected chi connectivity index (χ4v) is 3.24. The van der Waals surface area contributed by atoms with Gasteiger partial charge in [0.15, 0.2) is 6.29 Å². The summed E-state index contributed by atoms with van der Waals surface area (Å²) in [6.45, 7) is 6.13. The normalized spacial score (nSPS) is 45.6. The number of rotatable bonds is 1. The lowest BCUT2D eigenvalue weighted by Crippen LogP contribution is -2.63. The van der Waals surface area contributed by atoms with Crippen LogP contribution in [0.5, 0.6) is 0 Å². The zero-order valence-electron chi connectivity index (χ0n) is 9.29. The average Bonchev–Trinajstić information content (AvgIpc) is 1.98. The fraction of sp³-hybridized carbons (Fsp3) is 0.909. The van der Waals surface area contributed by atoms with Crippen molar-refractivity contribution in [3.63, 3.8) is 0 Å². The molecule has 0 aromatic heterocycles. The SMILES string of the molecule is COC1CC2(C)CC(=O)C2C(C)(C)O1. The van der Waals surface area contributed by atoms with Crippen LogP contribution < -0.4 is 0 Å². The van der Waals surface area contributed by atoms with Gasteiger partial charge in [-0.25, -0.2) is 0 Å². The number of fused-ring (bicyclic) bond motifs is 1. The van der Waals surface area contributed by atoms with E-state index < -0.39 is 0 Å². The van der Waals surface area contributed by atoms with Crippen LogP contribution in [0.1, 0.15) is 33.6 Å². The van der Waals surface area contributed by atoms with Gasteiger partial charge in [-0.1, -0.05) is 6.92 Å². The molecule has 0 spiro atoms.